The summed E-state index contributed by atoms with van der Waals surface area (Å²) >= 11 is 8.70. The van der Waals surface area contributed by atoms with Crippen molar-refractivity contribution in [1.29, 1.82) is 0 Å². The molecule has 0 saturated carbocycles. The van der Waals surface area contributed by atoms with E-state index in [2.05, 4.69) is 54.9 Å². The number of carbonyl (C=O) groups excluding carboxylic acids is 3. The van der Waals surface area contributed by atoms with Crippen molar-refractivity contribution in [3.8, 4) is 5.00 Å². The number of fused-ring (bicyclic) bond motifs is 3. The Balaban J connectivity index is 0.876. The Bertz CT molecular complexity index is 2420. The molecule has 1 aliphatic rings. The number of thiophene rings is 1. The van der Waals surface area contributed by atoms with Gasteiger partial charge >= 0.3 is 5.00 Å². The Morgan fingerprint density at radius 3 is 2.20 bits per heavy atom. The number of nitro groups is 1. The number of nitrogens with zero attached hydrogens (tertiary/aromatic N) is 6. The van der Waals surface area contributed by atoms with Crippen LogP contribution in [-0.2, 0) is 9.59 Å². The molecule has 2 aromatic carbocycles. The first-order valence-electron chi connectivity index (χ1n) is 20.5. The van der Waals surface area contributed by atoms with Crippen LogP contribution in [0.2, 0.25) is 5.02 Å². The lowest BCUT2D eigenvalue weighted by molar-refractivity contribution is -0.380. The maximum atomic E-state index is 13.3. The molecule has 0 bridgehead atoms. The van der Waals surface area contributed by atoms with Gasteiger partial charge in [0.15, 0.2) is 11.0 Å². The molecular weight excluding hydrogens is 836 g/mol. The van der Waals surface area contributed by atoms with Gasteiger partial charge in [-0.15, -0.1) is 21.5 Å². The normalized spacial score (nSPS) is 13.1. The first-order valence-corrected chi connectivity index (χ1v) is 22.5. The number of nitrogens with one attached hydrogen (secondary N) is 4. The van der Waals surface area contributed by atoms with Gasteiger partial charge in [-0.25, -0.2) is 4.98 Å². The number of hydrogen-bond donors (Lipinski definition) is 4. The third-order valence-corrected chi connectivity index (χ3v) is 12.9. The number of aromatic nitrogens is 4. The highest BCUT2D eigenvalue weighted by Crippen LogP contribution is 2.40. The first-order chi connectivity index (χ1) is 29.3. The van der Waals surface area contributed by atoms with E-state index in [1.54, 1.807) is 29.5 Å². The van der Waals surface area contributed by atoms with Gasteiger partial charge in [-0.1, -0.05) is 68.7 Å². The zero-order valence-corrected chi connectivity index (χ0v) is 37.4. The average molecular weight is 888 g/mol. The summed E-state index contributed by atoms with van der Waals surface area (Å²) in [5.41, 5.74) is 5.50. The molecule has 6 rings (SSSR count). The summed E-state index contributed by atoms with van der Waals surface area (Å²) in [6.45, 7) is 10.4. The number of unbranched alkanes of at least 4 members (excludes halogenated alkanes) is 8. The van der Waals surface area contributed by atoms with Gasteiger partial charge in [0.25, 0.3) is 5.91 Å². The number of rotatable bonds is 20. The quantitative estimate of drug-likeness (QED) is 0.0334. The van der Waals surface area contributed by atoms with Crippen LogP contribution >= 0.6 is 34.3 Å². The maximum Gasteiger partial charge on any atom is 0.348 e. The lowest BCUT2D eigenvalue weighted by Gasteiger charge is -2.13. The fourth-order valence-electron chi connectivity index (χ4n) is 7.25. The van der Waals surface area contributed by atoms with E-state index < -0.39 is 16.9 Å². The predicted octanol–water partition coefficient (Wildman–Crippen LogP) is 9.81. The third-order valence-electron chi connectivity index (χ3n) is 10.5. The maximum absolute atomic E-state index is 13.3. The second-order valence-corrected chi connectivity index (χ2v) is 17.7. The standard InChI is InChI=1S/C43H51ClN10O5S2/c1-25-27(3)60-42-37(25)38(30-15-17-31(44)18-16-30)49-35(39-52-51-28(4)53(39)42)24-36(56)46-22-14-12-10-8-6-7-9-11-13-21-45-32-19-20-33(34(23-32)48-29(5)55)40(57)50-43-47-26(2)41(61-43)54(58)59/h15-20,23,35,45H,6-14,21-22,24H2,1-5H3,(H,46,56)(H,48,55)(H,47,50,57)/t35-/m0/s1. The van der Waals surface area contributed by atoms with Crippen LogP contribution in [0.3, 0.4) is 0 Å². The summed E-state index contributed by atoms with van der Waals surface area (Å²) < 4.78 is 2.06. The topological polar surface area (TPSA) is 198 Å². The van der Waals surface area contributed by atoms with Gasteiger partial charge in [0, 0.05) is 46.7 Å². The zero-order valence-electron chi connectivity index (χ0n) is 35.0. The van der Waals surface area contributed by atoms with Crippen LogP contribution in [0.5, 0.6) is 0 Å². The molecule has 3 aromatic heterocycles. The van der Waals surface area contributed by atoms with Gasteiger partial charge < -0.3 is 16.0 Å². The number of amides is 3. The second kappa shape index (κ2) is 20.8. The number of aliphatic imine (C=N–C) groups is 1. The minimum Gasteiger partial charge on any atom is -0.385 e. The summed E-state index contributed by atoms with van der Waals surface area (Å²) in [6.07, 6.45) is 9.91. The van der Waals surface area contributed by atoms with Crippen LogP contribution in [0.15, 0.2) is 47.5 Å². The Labute approximate surface area is 368 Å². The molecule has 322 valence electrons. The number of thiazole rings is 1. The summed E-state index contributed by atoms with van der Waals surface area (Å²) in [7, 11) is 0. The highest BCUT2D eigenvalue weighted by Gasteiger charge is 2.32. The van der Waals surface area contributed by atoms with Crippen molar-refractivity contribution in [2.75, 3.05) is 29.0 Å². The Morgan fingerprint density at radius 2 is 1.54 bits per heavy atom. The fourth-order valence-corrected chi connectivity index (χ4v) is 9.37. The number of carbonyl (C=O) groups is 3. The van der Waals surface area contributed by atoms with E-state index >= 15 is 0 Å². The predicted molar refractivity (Wildman–Crippen MR) is 243 cm³/mol. The molecule has 5 aromatic rings. The number of halogens is 1. The molecule has 3 amide bonds. The molecule has 0 fully saturated rings. The minimum atomic E-state index is -0.536. The Hall–Kier alpha value is -5.52. The van der Waals surface area contributed by atoms with E-state index in [0.717, 1.165) is 115 Å². The van der Waals surface area contributed by atoms with Crippen molar-refractivity contribution < 1.29 is 19.3 Å². The van der Waals surface area contributed by atoms with Crippen LogP contribution < -0.4 is 21.3 Å². The van der Waals surface area contributed by atoms with E-state index in [-0.39, 0.29) is 39.6 Å². The van der Waals surface area contributed by atoms with Crippen LogP contribution in [0.4, 0.5) is 21.5 Å². The van der Waals surface area contributed by atoms with Gasteiger partial charge in [-0.2, -0.15) is 0 Å². The summed E-state index contributed by atoms with van der Waals surface area (Å²) in [5, 5.41) is 33.5. The molecule has 0 aliphatic carbocycles. The van der Waals surface area contributed by atoms with E-state index in [1.165, 1.54) is 18.7 Å². The van der Waals surface area contributed by atoms with Crippen molar-refractivity contribution >= 4 is 79.2 Å². The highest BCUT2D eigenvalue weighted by atomic mass is 35.5. The Kier molecular flexibility index (Phi) is 15.4. The molecule has 18 heteroatoms. The summed E-state index contributed by atoms with van der Waals surface area (Å²) in [5.74, 6) is 0.515. The average Bonchev–Trinajstić information content (AvgIpc) is 3.85. The van der Waals surface area contributed by atoms with Gasteiger partial charge in [-0.05, 0) is 87.8 Å². The lowest BCUT2D eigenvalue weighted by Crippen LogP contribution is -2.26. The molecule has 4 heterocycles. The number of anilines is 3. The van der Waals surface area contributed by atoms with Gasteiger partial charge in [-0.3, -0.25) is 39.4 Å². The molecule has 4 N–H and O–H groups in total. The molecule has 1 atom stereocenters. The van der Waals surface area contributed by atoms with Crippen molar-refractivity contribution in [2.24, 2.45) is 4.99 Å². The lowest BCUT2D eigenvalue weighted by atomic mass is 9.99. The van der Waals surface area contributed by atoms with Crippen molar-refractivity contribution in [2.45, 2.75) is 105 Å². The molecule has 0 spiro atoms. The molecule has 15 nitrogen and oxygen atoms in total. The summed E-state index contributed by atoms with van der Waals surface area (Å²) in [6, 6.07) is 12.3. The van der Waals surface area contributed by atoms with Crippen LogP contribution in [0.1, 0.15) is 126 Å². The monoisotopic (exact) mass is 886 g/mol. The van der Waals surface area contributed by atoms with Gasteiger partial charge in [0.2, 0.25) is 11.8 Å². The number of aryl methyl sites for hydroxylation is 3. The minimum absolute atomic E-state index is 0.0593. The molecule has 0 saturated heterocycles. The van der Waals surface area contributed by atoms with Crippen molar-refractivity contribution in [3.63, 3.8) is 0 Å². The molecule has 1 aliphatic heterocycles. The largest absolute Gasteiger partial charge is 0.385 e. The molecule has 61 heavy (non-hydrogen) atoms. The molecule has 0 radical (unpaired) electrons. The Morgan fingerprint density at radius 1 is 0.869 bits per heavy atom. The van der Waals surface area contributed by atoms with Crippen LogP contribution in [0, 0.1) is 37.8 Å². The van der Waals surface area contributed by atoms with Gasteiger partial charge in [0.1, 0.15) is 22.6 Å². The van der Waals surface area contributed by atoms with Crippen molar-refractivity contribution in [3.05, 3.63) is 102 Å². The van der Waals surface area contributed by atoms with E-state index in [4.69, 9.17) is 16.6 Å². The number of benzene rings is 2. The molecular formula is C43H51ClN10O5S2. The van der Waals surface area contributed by atoms with Gasteiger partial charge in [0.05, 0.1) is 28.3 Å². The van der Waals surface area contributed by atoms with Crippen LogP contribution in [0.25, 0.3) is 5.00 Å². The summed E-state index contributed by atoms with van der Waals surface area (Å²) in [4.78, 5) is 59.3. The SMILES string of the molecule is CC(=O)Nc1cc(NCCCCCCCCCCCNC(=O)C[C@@H]2N=C(c3ccc(Cl)cc3)c3c(sc(C)c3C)-n3c(C)nnc32)ccc1C(=O)Nc1nc(C)c([N+](=O)[O-])s1. The number of hydrogen-bond acceptors (Lipinski definition) is 12. The van der Waals surface area contributed by atoms with E-state index in [9.17, 15) is 24.5 Å². The van der Waals surface area contributed by atoms with E-state index in [1.807, 2.05) is 31.2 Å². The third kappa shape index (κ3) is 11.4. The zero-order chi connectivity index (χ0) is 43.6. The highest BCUT2D eigenvalue weighted by molar-refractivity contribution is 7.19. The first kappa shape index (κ1) is 45.0. The second-order valence-electron chi connectivity index (χ2n) is 15.1. The molecule has 0 unspecified atom stereocenters. The smallest absolute Gasteiger partial charge is 0.348 e. The fraction of sp³-hybridized carbons (Fsp3) is 0.419. The van der Waals surface area contributed by atoms with Crippen LogP contribution in [-0.4, -0.2) is 61.2 Å². The van der Waals surface area contributed by atoms with E-state index in [0.29, 0.717) is 23.1 Å². The van der Waals surface area contributed by atoms with Crippen molar-refractivity contribution in [1.82, 2.24) is 25.1 Å².